The molecule has 17 heavy (non-hydrogen) atoms. The van der Waals surface area contributed by atoms with Gasteiger partial charge in [0.25, 0.3) is 0 Å². The second kappa shape index (κ2) is 5.89. The fourth-order valence-corrected chi connectivity index (χ4v) is 2.06. The van der Waals surface area contributed by atoms with Gasteiger partial charge in [-0.2, -0.15) is 0 Å². The van der Waals surface area contributed by atoms with E-state index in [2.05, 4.69) is 4.98 Å². The molecule has 1 aromatic heterocycles. The summed E-state index contributed by atoms with van der Waals surface area (Å²) in [7, 11) is 0. The summed E-state index contributed by atoms with van der Waals surface area (Å²) in [4.78, 5) is 4.42. The molecule has 0 saturated heterocycles. The number of hydrogen-bond acceptors (Lipinski definition) is 4. The molecule has 0 fully saturated rings. The lowest BCUT2D eigenvalue weighted by Crippen LogP contribution is -2.02. The molecular formula is C13H15NO2S. The molecule has 0 bridgehead atoms. The topological polar surface area (TPSA) is 46.3 Å². The molecule has 0 saturated carbocycles. The molecule has 0 aliphatic carbocycles. The van der Waals surface area contributed by atoms with Gasteiger partial charge in [-0.1, -0.05) is 25.1 Å². The maximum absolute atomic E-state index is 8.93. The van der Waals surface area contributed by atoms with Gasteiger partial charge in [-0.3, -0.25) is 0 Å². The Labute approximate surface area is 105 Å². The van der Waals surface area contributed by atoms with Gasteiger partial charge in [0.05, 0.1) is 12.3 Å². The molecule has 1 unspecified atom stereocenters. The van der Waals surface area contributed by atoms with Crippen LogP contribution in [0.3, 0.4) is 0 Å². The van der Waals surface area contributed by atoms with Crippen molar-refractivity contribution in [3.63, 3.8) is 0 Å². The normalized spacial score (nSPS) is 12.6. The van der Waals surface area contributed by atoms with Crippen molar-refractivity contribution in [2.45, 2.75) is 17.9 Å². The van der Waals surface area contributed by atoms with Gasteiger partial charge < -0.3 is 9.52 Å². The van der Waals surface area contributed by atoms with E-state index in [1.54, 1.807) is 18.0 Å². The highest BCUT2D eigenvalue weighted by Gasteiger charge is 2.07. The summed E-state index contributed by atoms with van der Waals surface area (Å²) < 4.78 is 5.43. The maximum atomic E-state index is 8.93. The molecule has 1 N–H and O–H groups in total. The number of aliphatic hydroxyl groups excluding tert-OH is 1. The largest absolute Gasteiger partial charge is 0.444 e. The van der Waals surface area contributed by atoms with Gasteiger partial charge in [0.1, 0.15) is 6.26 Å². The fourth-order valence-electron chi connectivity index (χ4n) is 1.37. The molecule has 2 aromatic rings. The van der Waals surface area contributed by atoms with E-state index in [0.717, 1.165) is 17.0 Å². The van der Waals surface area contributed by atoms with Crippen molar-refractivity contribution in [1.82, 2.24) is 4.98 Å². The Bertz CT molecular complexity index is 455. The van der Waals surface area contributed by atoms with Crippen LogP contribution in [0.15, 0.2) is 41.0 Å². The van der Waals surface area contributed by atoms with E-state index in [9.17, 15) is 0 Å². The third-order valence-corrected chi connectivity index (χ3v) is 3.53. The Kier molecular flexibility index (Phi) is 4.23. The SMILES string of the molecule is CC(CO)SCc1coc(-c2ccccc2)n1. The summed E-state index contributed by atoms with van der Waals surface area (Å²) in [6.07, 6.45) is 1.68. The Morgan fingerprint density at radius 2 is 2.12 bits per heavy atom. The van der Waals surface area contributed by atoms with Crippen LogP contribution in [0.1, 0.15) is 12.6 Å². The minimum Gasteiger partial charge on any atom is -0.444 e. The molecule has 4 heteroatoms. The van der Waals surface area contributed by atoms with Gasteiger partial charge in [-0.25, -0.2) is 4.98 Å². The van der Waals surface area contributed by atoms with Crippen LogP contribution in [-0.4, -0.2) is 21.9 Å². The standard InChI is InChI=1S/C13H15NO2S/c1-10(7-15)17-9-12-8-16-13(14-12)11-5-3-2-4-6-11/h2-6,8,10,15H,7,9H2,1H3. The lowest BCUT2D eigenvalue weighted by molar-refractivity contribution is 0.300. The smallest absolute Gasteiger partial charge is 0.226 e. The first-order valence-electron chi connectivity index (χ1n) is 5.52. The van der Waals surface area contributed by atoms with Crippen molar-refractivity contribution in [1.29, 1.82) is 0 Å². The lowest BCUT2D eigenvalue weighted by Gasteiger charge is -2.04. The summed E-state index contributed by atoms with van der Waals surface area (Å²) in [5.41, 5.74) is 1.90. The van der Waals surface area contributed by atoms with E-state index < -0.39 is 0 Å². The van der Waals surface area contributed by atoms with Gasteiger partial charge in [0.15, 0.2) is 0 Å². The summed E-state index contributed by atoms with van der Waals surface area (Å²) >= 11 is 1.67. The molecule has 0 aliphatic heterocycles. The maximum Gasteiger partial charge on any atom is 0.226 e. The number of benzene rings is 1. The average Bonchev–Trinajstić information content (AvgIpc) is 2.86. The summed E-state index contributed by atoms with van der Waals surface area (Å²) in [5, 5.41) is 9.16. The Morgan fingerprint density at radius 1 is 1.35 bits per heavy atom. The number of oxazole rings is 1. The number of nitrogens with zero attached hydrogens (tertiary/aromatic N) is 1. The first-order chi connectivity index (χ1) is 8.29. The number of rotatable bonds is 5. The molecule has 90 valence electrons. The number of aliphatic hydroxyl groups is 1. The average molecular weight is 249 g/mol. The van der Waals surface area contributed by atoms with E-state index in [-0.39, 0.29) is 11.9 Å². The first kappa shape index (κ1) is 12.2. The van der Waals surface area contributed by atoms with Gasteiger partial charge in [0, 0.05) is 16.6 Å². The lowest BCUT2D eigenvalue weighted by atomic mass is 10.2. The summed E-state index contributed by atoms with van der Waals surface area (Å²) in [6, 6.07) is 9.83. The predicted octanol–water partition coefficient (Wildman–Crippen LogP) is 2.96. The van der Waals surface area contributed by atoms with Crippen LogP contribution in [0.25, 0.3) is 11.5 Å². The van der Waals surface area contributed by atoms with Crippen LogP contribution < -0.4 is 0 Å². The van der Waals surface area contributed by atoms with Crippen LogP contribution in [0, 0.1) is 0 Å². The molecular weight excluding hydrogens is 234 g/mol. The molecule has 3 nitrogen and oxygen atoms in total. The van der Waals surface area contributed by atoms with Crippen molar-refractivity contribution in [3.05, 3.63) is 42.3 Å². The number of thioether (sulfide) groups is 1. The zero-order chi connectivity index (χ0) is 12.1. The summed E-state index contributed by atoms with van der Waals surface area (Å²) in [5.74, 6) is 1.41. The third kappa shape index (κ3) is 3.35. The van der Waals surface area contributed by atoms with Gasteiger partial charge >= 0.3 is 0 Å². The van der Waals surface area contributed by atoms with Gasteiger partial charge in [-0.05, 0) is 12.1 Å². The van der Waals surface area contributed by atoms with E-state index in [1.807, 2.05) is 37.3 Å². The van der Waals surface area contributed by atoms with Gasteiger partial charge in [0.2, 0.25) is 5.89 Å². The van der Waals surface area contributed by atoms with E-state index in [4.69, 9.17) is 9.52 Å². The quantitative estimate of drug-likeness (QED) is 0.885. The monoisotopic (exact) mass is 249 g/mol. The predicted molar refractivity (Wildman–Crippen MR) is 69.8 cm³/mol. The number of aromatic nitrogens is 1. The van der Waals surface area contributed by atoms with Crippen molar-refractivity contribution in [3.8, 4) is 11.5 Å². The van der Waals surface area contributed by atoms with Crippen LogP contribution in [0.5, 0.6) is 0 Å². The van der Waals surface area contributed by atoms with Crippen molar-refractivity contribution >= 4 is 11.8 Å². The van der Waals surface area contributed by atoms with E-state index in [1.165, 1.54) is 0 Å². The second-order valence-corrected chi connectivity index (χ2v) is 5.24. The first-order valence-corrected chi connectivity index (χ1v) is 6.56. The molecule has 0 radical (unpaired) electrons. The zero-order valence-electron chi connectivity index (χ0n) is 9.67. The molecule has 0 aliphatic rings. The number of hydrogen-bond donors (Lipinski definition) is 1. The molecule has 1 atom stereocenters. The van der Waals surface area contributed by atoms with Crippen molar-refractivity contribution in [2.24, 2.45) is 0 Å². The van der Waals surface area contributed by atoms with Crippen molar-refractivity contribution in [2.75, 3.05) is 6.61 Å². The molecule has 0 amide bonds. The van der Waals surface area contributed by atoms with Crippen LogP contribution in [0.4, 0.5) is 0 Å². The minimum atomic E-state index is 0.189. The van der Waals surface area contributed by atoms with Crippen LogP contribution in [-0.2, 0) is 5.75 Å². The molecule has 1 heterocycles. The van der Waals surface area contributed by atoms with Crippen molar-refractivity contribution < 1.29 is 9.52 Å². The molecule has 1 aromatic carbocycles. The Hall–Kier alpha value is -1.26. The van der Waals surface area contributed by atoms with Crippen LogP contribution in [0.2, 0.25) is 0 Å². The summed E-state index contributed by atoms with van der Waals surface area (Å²) in [6.45, 7) is 2.18. The molecule has 2 rings (SSSR count). The minimum absolute atomic E-state index is 0.189. The second-order valence-electron chi connectivity index (χ2n) is 3.81. The fraction of sp³-hybridized carbons (Fsp3) is 0.308. The van der Waals surface area contributed by atoms with E-state index >= 15 is 0 Å². The third-order valence-electron chi connectivity index (χ3n) is 2.35. The van der Waals surface area contributed by atoms with Gasteiger partial charge in [-0.15, -0.1) is 11.8 Å². The highest BCUT2D eigenvalue weighted by Crippen LogP contribution is 2.21. The molecule has 0 spiro atoms. The van der Waals surface area contributed by atoms with E-state index in [0.29, 0.717) is 5.89 Å². The highest BCUT2D eigenvalue weighted by atomic mass is 32.2. The Balaban J connectivity index is 2.01. The Morgan fingerprint density at radius 3 is 2.82 bits per heavy atom. The zero-order valence-corrected chi connectivity index (χ0v) is 10.5. The highest BCUT2D eigenvalue weighted by molar-refractivity contribution is 7.99. The van der Waals surface area contributed by atoms with Crippen LogP contribution >= 0.6 is 11.8 Å².